The summed E-state index contributed by atoms with van der Waals surface area (Å²) in [7, 11) is -3.42. The molecule has 0 aliphatic carbocycles. The summed E-state index contributed by atoms with van der Waals surface area (Å²) in [4.78, 5) is 0.299. The molecule has 0 atom stereocenters. The molecule has 0 aromatic heterocycles. The van der Waals surface area contributed by atoms with Gasteiger partial charge in [-0.15, -0.1) is 0 Å². The van der Waals surface area contributed by atoms with Crippen LogP contribution in [0, 0.1) is 11.8 Å². The predicted octanol–water partition coefficient (Wildman–Crippen LogP) is 2.23. The number of hydrogen-bond acceptors (Lipinski definition) is 3. The summed E-state index contributed by atoms with van der Waals surface area (Å²) in [6.07, 6.45) is 2.24. The Morgan fingerprint density at radius 3 is 2.38 bits per heavy atom. The third-order valence-electron chi connectivity index (χ3n) is 3.08. The van der Waals surface area contributed by atoms with Gasteiger partial charge in [-0.25, -0.2) is 8.42 Å². The minimum absolute atomic E-state index is 0.0301. The Morgan fingerprint density at radius 2 is 1.86 bits per heavy atom. The highest BCUT2D eigenvalue weighted by molar-refractivity contribution is 7.89. The average molecular weight is 309 g/mol. The van der Waals surface area contributed by atoms with Crippen LogP contribution in [-0.2, 0) is 10.0 Å². The summed E-state index contributed by atoms with van der Waals surface area (Å²) in [5.74, 6) is 5.69. The van der Waals surface area contributed by atoms with Crippen LogP contribution in [0.1, 0.15) is 38.7 Å². The van der Waals surface area contributed by atoms with Crippen molar-refractivity contribution in [3.63, 3.8) is 0 Å². The van der Waals surface area contributed by atoms with Crippen LogP contribution < -0.4 is 0 Å². The van der Waals surface area contributed by atoms with E-state index in [0.29, 0.717) is 24.4 Å². The van der Waals surface area contributed by atoms with Gasteiger partial charge in [-0.05, 0) is 30.7 Å². The second-order valence-electron chi connectivity index (χ2n) is 4.65. The highest BCUT2D eigenvalue weighted by atomic mass is 32.2. The van der Waals surface area contributed by atoms with Crippen molar-refractivity contribution in [2.45, 2.75) is 38.0 Å². The second-order valence-corrected chi connectivity index (χ2v) is 6.59. The van der Waals surface area contributed by atoms with Gasteiger partial charge in [0, 0.05) is 25.1 Å². The molecule has 0 radical (unpaired) electrons. The molecule has 0 bridgehead atoms. The van der Waals surface area contributed by atoms with Crippen LogP contribution in [0.2, 0.25) is 0 Å². The Labute approximate surface area is 127 Å². The molecule has 0 saturated carbocycles. The van der Waals surface area contributed by atoms with Gasteiger partial charge in [0.1, 0.15) is 0 Å². The van der Waals surface area contributed by atoms with E-state index in [1.165, 1.54) is 4.31 Å². The zero-order valence-electron chi connectivity index (χ0n) is 12.7. The van der Waals surface area contributed by atoms with E-state index in [4.69, 9.17) is 5.11 Å². The highest BCUT2D eigenvalue weighted by Gasteiger charge is 2.22. The van der Waals surface area contributed by atoms with E-state index >= 15 is 0 Å². The minimum Gasteiger partial charge on any atom is -0.395 e. The van der Waals surface area contributed by atoms with Crippen LogP contribution in [0.15, 0.2) is 29.2 Å². The number of rotatable bonds is 7. The summed E-state index contributed by atoms with van der Waals surface area (Å²) in [6.45, 7) is 4.94. The molecule has 0 saturated heterocycles. The molecule has 0 heterocycles. The first-order valence-electron chi connectivity index (χ1n) is 7.26. The van der Waals surface area contributed by atoms with Crippen molar-refractivity contribution >= 4 is 10.0 Å². The predicted molar refractivity (Wildman–Crippen MR) is 84.4 cm³/mol. The first kappa shape index (κ1) is 17.7. The second kappa shape index (κ2) is 8.83. The summed E-state index contributed by atoms with van der Waals surface area (Å²) >= 11 is 0. The van der Waals surface area contributed by atoms with Gasteiger partial charge in [0.25, 0.3) is 0 Å². The molecule has 5 heteroatoms. The van der Waals surface area contributed by atoms with Crippen LogP contribution in [0.4, 0.5) is 0 Å². The van der Waals surface area contributed by atoms with Gasteiger partial charge < -0.3 is 5.11 Å². The van der Waals surface area contributed by atoms with Crippen LogP contribution in [-0.4, -0.2) is 37.5 Å². The molecule has 4 nitrogen and oxygen atoms in total. The van der Waals surface area contributed by atoms with Crippen LogP contribution >= 0.6 is 0 Å². The summed E-state index contributed by atoms with van der Waals surface area (Å²) in [6, 6.07) is 6.58. The van der Waals surface area contributed by atoms with Crippen molar-refractivity contribution in [2.75, 3.05) is 19.7 Å². The van der Waals surface area contributed by atoms with Crippen molar-refractivity contribution in [1.29, 1.82) is 0 Å². The molecule has 0 amide bonds. The Bertz CT molecular complexity index is 582. The third-order valence-corrected chi connectivity index (χ3v) is 5.06. The lowest BCUT2D eigenvalue weighted by molar-refractivity contribution is 0.305. The van der Waals surface area contributed by atoms with Crippen molar-refractivity contribution in [3.05, 3.63) is 29.8 Å². The maximum absolute atomic E-state index is 12.5. The highest BCUT2D eigenvalue weighted by Crippen LogP contribution is 2.16. The SMILES string of the molecule is CCCCN(CC)S(=O)(=O)c1ccc(C#CCCO)cc1. The molecular formula is C16H23NO3S. The van der Waals surface area contributed by atoms with Gasteiger partial charge in [0.15, 0.2) is 0 Å². The first-order valence-corrected chi connectivity index (χ1v) is 8.70. The third kappa shape index (κ3) is 5.16. The number of nitrogens with zero attached hydrogens (tertiary/aromatic N) is 1. The van der Waals surface area contributed by atoms with Crippen LogP contribution in [0.25, 0.3) is 0 Å². The number of aliphatic hydroxyl groups excluding tert-OH is 1. The maximum atomic E-state index is 12.5. The lowest BCUT2D eigenvalue weighted by Crippen LogP contribution is -2.31. The van der Waals surface area contributed by atoms with Gasteiger partial charge in [-0.3, -0.25) is 0 Å². The molecule has 1 rings (SSSR count). The zero-order valence-corrected chi connectivity index (χ0v) is 13.5. The van der Waals surface area contributed by atoms with Crippen LogP contribution in [0.5, 0.6) is 0 Å². The Balaban J connectivity index is 2.91. The fraction of sp³-hybridized carbons (Fsp3) is 0.500. The summed E-state index contributed by atoms with van der Waals surface area (Å²) in [5, 5.41) is 8.67. The van der Waals surface area contributed by atoms with Gasteiger partial charge >= 0.3 is 0 Å². The van der Waals surface area contributed by atoms with Crippen molar-refractivity contribution in [2.24, 2.45) is 0 Å². The lowest BCUT2D eigenvalue weighted by Gasteiger charge is -2.20. The number of hydrogen-bond donors (Lipinski definition) is 1. The molecule has 21 heavy (non-hydrogen) atoms. The first-order chi connectivity index (χ1) is 10.1. The monoisotopic (exact) mass is 309 g/mol. The molecule has 116 valence electrons. The quantitative estimate of drug-likeness (QED) is 0.786. The van der Waals surface area contributed by atoms with Gasteiger partial charge in [0.2, 0.25) is 10.0 Å². The van der Waals surface area contributed by atoms with E-state index in [1.54, 1.807) is 24.3 Å². The number of benzene rings is 1. The molecule has 0 spiro atoms. The summed E-state index contributed by atoms with van der Waals surface area (Å²) < 4.78 is 26.5. The number of aliphatic hydroxyl groups is 1. The van der Waals surface area contributed by atoms with Gasteiger partial charge in [-0.1, -0.05) is 32.1 Å². The van der Waals surface area contributed by atoms with E-state index in [2.05, 4.69) is 11.8 Å². The molecule has 0 aliphatic rings. The fourth-order valence-corrected chi connectivity index (χ4v) is 3.35. The lowest BCUT2D eigenvalue weighted by atomic mass is 10.2. The number of unbranched alkanes of at least 4 members (excludes halogenated alkanes) is 1. The van der Waals surface area contributed by atoms with Crippen LogP contribution in [0.3, 0.4) is 0 Å². The smallest absolute Gasteiger partial charge is 0.243 e. The van der Waals surface area contributed by atoms with Crippen molar-refractivity contribution in [1.82, 2.24) is 4.31 Å². The molecule has 0 unspecified atom stereocenters. The molecule has 0 fully saturated rings. The van der Waals surface area contributed by atoms with E-state index in [1.807, 2.05) is 13.8 Å². The Morgan fingerprint density at radius 1 is 1.19 bits per heavy atom. The average Bonchev–Trinajstić information content (AvgIpc) is 2.48. The molecule has 0 aliphatic heterocycles. The molecule has 1 N–H and O–H groups in total. The summed E-state index contributed by atoms with van der Waals surface area (Å²) in [5.41, 5.74) is 0.749. The number of sulfonamides is 1. The Kier molecular flexibility index (Phi) is 7.44. The van der Waals surface area contributed by atoms with Crippen molar-refractivity contribution in [3.8, 4) is 11.8 Å². The standard InChI is InChI=1S/C16H23NO3S/c1-3-5-13-17(4-2)21(19,20)16-11-9-15(10-12-16)8-6-7-14-18/h9-12,18H,3-5,7,13-14H2,1-2H3. The fourth-order valence-electron chi connectivity index (χ4n) is 1.86. The van der Waals surface area contributed by atoms with Gasteiger partial charge in [-0.2, -0.15) is 4.31 Å². The molecule has 1 aromatic rings. The maximum Gasteiger partial charge on any atom is 0.243 e. The van der Waals surface area contributed by atoms with Gasteiger partial charge in [0.05, 0.1) is 11.5 Å². The zero-order chi connectivity index (χ0) is 15.7. The largest absolute Gasteiger partial charge is 0.395 e. The van der Waals surface area contributed by atoms with Crippen molar-refractivity contribution < 1.29 is 13.5 Å². The molecule has 1 aromatic carbocycles. The van der Waals surface area contributed by atoms with E-state index in [9.17, 15) is 8.42 Å². The minimum atomic E-state index is -3.42. The molecular weight excluding hydrogens is 286 g/mol. The van der Waals surface area contributed by atoms with E-state index in [-0.39, 0.29) is 6.61 Å². The Hall–Kier alpha value is -1.35. The van der Waals surface area contributed by atoms with E-state index in [0.717, 1.165) is 18.4 Å². The normalized spacial score (nSPS) is 11.2. The topological polar surface area (TPSA) is 57.6 Å². The van der Waals surface area contributed by atoms with E-state index < -0.39 is 10.0 Å².